The molecule has 22 heteroatoms. The van der Waals surface area contributed by atoms with E-state index < -0.39 is 131 Å². The molecule has 7 rings (SSSR count). The number of carbonyl (C=O) groups is 5. The zero-order chi connectivity index (χ0) is 61.6. The van der Waals surface area contributed by atoms with Crippen LogP contribution in [-0.4, -0.2) is 152 Å². The van der Waals surface area contributed by atoms with E-state index in [1.54, 1.807) is 59.4 Å². The Morgan fingerprint density at radius 1 is 0.810 bits per heavy atom. The molecule has 19 nitrogen and oxygen atoms in total. The summed E-state index contributed by atoms with van der Waals surface area (Å²) < 4.78 is 76.4. The Kier molecular flexibility index (Phi) is 23.0. The molecule has 468 valence electrons. The summed E-state index contributed by atoms with van der Waals surface area (Å²) in [4.78, 5) is 76.8. The fourth-order valence-corrected chi connectivity index (χ4v) is 15.2. The number of thioether (sulfide) groups is 1. The summed E-state index contributed by atoms with van der Waals surface area (Å²) in [6, 6.07) is 5.76. The van der Waals surface area contributed by atoms with Crippen molar-refractivity contribution in [2.45, 2.75) is 218 Å². The van der Waals surface area contributed by atoms with Gasteiger partial charge in [0.2, 0.25) is 0 Å². The average Bonchev–Trinajstić information content (AvgIpc) is 2.76. The molecule has 0 amide bonds. The number of ether oxygens (including phenoxy) is 12. The number of Topliss-reactive ketones (excluding diaryl/α,β-unsaturated/α-hetero) is 1. The molecule has 3 saturated heterocycles. The quantitative estimate of drug-likeness (QED) is 0.0727. The van der Waals surface area contributed by atoms with Gasteiger partial charge in [-0.25, -0.2) is 0 Å². The van der Waals surface area contributed by atoms with Crippen LogP contribution in [0.2, 0.25) is 10.0 Å². The predicted octanol–water partition coefficient (Wildman–Crippen LogP) is 10.5. The second kappa shape index (κ2) is 28.7. The number of hydrogen-bond acceptors (Lipinski definition) is 20. The molecular formula is C62H88Cl2N2O17S. The Morgan fingerprint density at radius 3 is 2.08 bits per heavy atom. The SMILES string of the molecule is CC[C@H]1OC(=O)[C@H](C)[C@@H](O[C@H]2C[C@@](C)(OC)[C@@H](OC(C)=O)[C@H](C)O2)[C@H](C)[C@@H](O[C@@H]2O[C@H](C)C=C[C@H]2OC(C)=O)[C@](C)(OC)C[C@@H](C)C(=O)[C@H](C)[C@H]2[C@H](SCCN(Cc3c(Cl)cncc3Cl)c3ccc(OC)c(OC4CCCC4)c3)C(=O)O[C@@]21C. The van der Waals surface area contributed by atoms with Gasteiger partial charge in [0.25, 0.3) is 0 Å². The van der Waals surface area contributed by atoms with Gasteiger partial charge in [-0.2, -0.15) is 0 Å². The molecule has 0 radical (unpaired) electrons. The van der Waals surface area contributed by atoms with Gasteiger partial charge in [0, 0.05) is 107 Å². The largest absolute Gasteiger partial charge is 0.493 e. The Balaban J connectivity index is 1.27. The third-order valence-electron chi connectivity index (χ3n) is 17.8. The number of cyclic esters (lactones) is 1. The fourth-order valence-electron chi connectivity index (χ4n) is 13.2. The van der Waals surface area contributed by atoms with Crippen molar-refractivity contribution in [1.29, 1.82) is 0 Å². The van der Waals surface area contributed by atoms with E-state index in [1.807, 2.05) is 59.7 Å². The third kappa shape index (κ3) is 15.2. The molecule has 4 aliphatic heterocycles. The normalized spacial score (nSPS) is 36.0. The van der Waals surface area contributed by atoms with Gasteiger partial charge >= 0.3 is 23.9 Å². The molecule has 1 aromatic heterocycles. The summed E-state index contributed by atoms with van der Waals surface area (Å²) in [7, 11) is 4.64. The van der Waals surface area contributed by atoms with Crippen LogP contribution in [0.25, 0.3) is 0 Å². The number of ketones is 1. The Morgan fingerprint density at radius 2 is 1.46 bits per heavy atom. The summed E-state index contributed by atoms with van der Waals surface area (Å²) in [6.45, 7) is 21.2. The Hall–Kier alpha value is -4.25. The van der Waals surface area contributed by atoms with Crippen LogP contribution >= 0.6 is 35.0 Å². The zero-order valence-corrected chi connectivity index (χ0v) is 53.7. The maximum absolute atomic E-state index is 15.5. The number of fused-ring (bicyclic) bond motifs is 1. The van der Waals surface area contributed by atoms with Crippen LogP contribution in [0.15, 0.2) is 42.7 Å². The minimum atomic E-state index is -1.50. The van der Waals surface area contributed by atoms with E-state index in [1.165, 1.54) is 39.8 Å². The van der Waals surface area contributed by atoms with Gasteiger partial charge in [0.1, 0.15) is 22.7 Å². The lowest BCUT2D eigenvalue weighted by Crippen LogP contribution is -2.60. The first kappa shape index (κ1) is 67.3. The van der Waals surface area contributed by atoms with Crippen molar-refractivity contribution >= 4 is 70.3 Å². The summed E-state index contributed by atoms with van der Waals surface area (Å²) in [5.41, 5.74) is -2.51. The highest BCUT2D eigenvalue weighted by atomic mass is 35.5. The number of carbonyl (C=O) groups excluding carboxylic acids is 5. The maximum atomic E-state index is 15.5. The standard InChI is InChI=1S/C62H88Cl2N2O17S/c1-16-49-62(12)51(54(58(71)83-62)84-26-25-66(32-43-44(63)30-65-31-45(43)64)41-22-24-46(72-13)48(27-41)79-42-19-17-18-20-42)35(4)52(69)33(2)28-60(10,73-14)55(82-59-47(77-39(8)67)23-21-34(3)75-59)36(5)53(37(6)57(70)80-49)81-50-29-61(11,74-15)56(38(7)76-50)78-40(9)68/h21-24,27,30-31,33-38,42,47,49-51,53-56,59H,16-20,25-26,28-29,32H2,1-15H3/t33-,34-,35-,36+,37-,38+,47-,49-,50+,51+,53+,54+,55-,56+,59+,60-,61-,62-/m1/s1. The first-order chi connectivity index (χ1) is 39.7. The van der Waals surface area contributed by atoms with Crippen molar-refractivity contribution in [1.82, 2.24) is 4.98 Å². The molecule has 1 aliphatic carbocycles. The molecular weight excluding hydrogens is 1150 g/mol. The molecule has 2 aromatic rings. The Labute approximate surface area is 509 Å². The number of pyridine rings is 1. The highest BCUT2D eigenvalue weighted by molar-refractivity contribution is 8.00. The van der Waals surface area contributed by atoms with E-state index in [2.05, 4.69) is 9.88 Å². The predicted molar refractivity (Wildman–Crippen MR) is 316 cm³/mol. The van der Waals surface area contributed by atoms with Crippen LogP contribution in [0.1, 0.15) is 134 Å². The number of aromatic nitrogens is 1. The van der Waals surface area contributed by atoms with Gasteiger partial charge in [-0.05, 0) is 98.3 Å². The third-order valence-corrected chi connectivity index (χ3v) is 19.7. The van der Waals surface area contributed by atoms with E-state index >= 15 is 9.59 Å². The highest BCUT2D eigenvalue weighted by Gasteiger charge is 2.62. The van der Waals surface area contributed by atoms with Gasteiger partial charge in [0.05, 0.1) is 59.2 Å². The van der Waals surface area contributed by atoms with Crippen LogP contribution in [0, 0.1) is 29.6 Å². The minimum absolute atomic E-state index is 0.0551. The smallest absolute Gasteiger partial charge is 0.320 e. The van der Waals surface area contributed by atoms with Crippen LogP contribution in [-0.2, 0) is 77.9 Å². The second-order valence-electron chi connectivity index (χ2n) is 23.9. The van der Waals surface area contributed by atoms with Gasteiger partial charge in [0.15, 0.2) is 41.9 Å². The molecule has 4 fully saturated rings. The second-order valence-corrected chi connectivity index (χ2v) is 26.0. The number of anilines is 1. The lowest BCUT2D eigenvalue weighted by atomic mass is 9.70. The molecule has 1 aromatic carbocycles. The molecule has 1 saturated carbocycles. The summed E-state index contributed by atoms with van der Waals surface area (Å²) in [5.74, 6) is -5.24. The fraction of sp³-hybridized carbons (Fsp3) is 0.710. The first-order valence-electron chi connectivity index (χ1n) is 29.4. The Bertz CT molecular complexity index is 2640. The van der Waals surface area contributed by atoms with E-state index in [-0.39, 0.29) is 37.7 Å². The first-order valence-corrected chi connectivity index (χ1v) is 31.2. The van der Waals surface area contributed by atoms with Gasteiger partial charge in [-0.15, -0.1) is 11.8 Å². The number of benzene rings is 1. The molecule has 0 unspecified atom stereocenters. The van der Waals surface area contributed by atoms with Gasteiger partial charge in [-0.1, -0.05) is 57.0 Å². The van der Waals surface area contributed by atoms with Crippen molar-refractivity contribution in [3.63, 3.8) is 0 Å². The maximum Gasteiger partial charge on any atom is 0.320 e. The van der Waals surface area contributed by atoms with Gasteiger partial charge < -0.3 is 61.7 Å². The molecule has 5 aliphatic rings. The lowest BCUT2D eigenvalue weighted by molar-refractivity contribution is -0.311. The van der Waals surface area contributed by atoms with E-state index in [4.69, 9.17) is 80.0 Å². The van der Waals surface area contributed by atoms with E-state index in [0.717, 1.165) is 31.4 Å². The summed E-state index contributed by atoms with van der Waals surface area (Å²) in [6.07, 6.45) is 2.61. The molecule has 0 N–H and O–H groups in total. The molecule has 0 bridgehead atoms. The van der Waals surface area contributed by atoms with Crippen molar-refractivity contribution in [2.75, 3.05) is 38.5 Å². The summed E-state index contributed by atoms with van der Waals surface area (Å²) >= 11 is 14.9. The van der Waals surface area contributed by atoms with Crippen LogP contribution in [0.3, 0.4) is 0 Å². The number of rotatable bonds is 19. The highest BCUT2D eigenvalue weighted by Crippen LogP contribution is 2.50. The van der Waals surface area contributed by atoms with Crippen molar-refractivity contribution < 1.29 is 80.8 Å². The molecule has 84 heavy (non-hydrogen) atoms. The number of nitrogens with zero attached hydrogens (tertiary/aromatic N) is 2. The van der Waals surface area contributed by atoms with Crippen LogP contribution < -0.4 is 14.4 Å². The number of esters is 4. The van der Waals surface area contributed by atoms with Crippen LogP contribution in [0.4, 0.5) is 5.69 Å². The average molecular weight is 1240 g/mol. The van der Waals surface area contributed by atoms with Crippen LogP contribution in [0.5, 0.6) is 11.5 Å². The van der Waals surface area contributed by atoms with E-state index in [0.29, 0.717) is 39.4 Å². The number of methoxy groups -OCH3 is 3. The number of halogens is 2. The van der Waals surface area contributed by atoms with Gasteiger partial charge in [-0.3, -0.25) is 29.0 Å². The van der Waals surface area contributed by atoms with Crippen molar-refractivity contribution in [2.24, 2.45) is 29.6 Å². The summed E-state index contributed by atoms with van der Waals surface area (Å²) in [5, 5.41) is -0.130. The lowest BCUT2D eigenvalue weighted by Gasteiger charge is -2.49. The molecule has 18 atom stereocenters. The van der Waals surface area contributed by atoms with Crippen molar-refractivity contribution in [3.8, 4) is 11.5 Å². The van der Waals surface area contributed by atoms with Crippen molar-refractivity contribution in [3.05, 3.63) is 58.4 Å². The van der Waals surface area contributed by atoms with E-state index in [9.17, 15) is 14.4 Å². The molecule has 5 heterocycles. The minimum Gasteiger partial charge on any atom is -0.493 e. The topological polar surface area (TPSA) is 212 Å². The molecule has 0 spiro atoms. The number of hydrogen-bond donors (Lipinski definition) is 0. The monoisotopic (exact) mass is 1230 g/mol. The zero-order valence-electron chi connectivity index (χ0n) is 51.3.